The quantitative estimate of drug-likeness (QED) is 0.926. The monoisotopic (exact) mass is 349 g/mol. The van der Waals surface area contributed by atoms with Gasteiger partial charge in [0.1, 0.15) is 0 Å². The molecule has 2 aliphatic rings. The zero-order valence-electron chi connectivity index (χ0n) is 14.7. The van der Waals surface area contributed by atoms with Crippen LogP contribution < -0.4 is 5.32 Å². The third-order valence-corrected chi connectivity index (χ3v) is 5.51. The number of pyridine rings is 1. The van der Waals surface area contributed by atoms with Crippen molar-refractivity contribution in [3.05, 3.63) is 65.5 Å². The number of nitrogens with one attached hydrogen (secondary N) is 1. The molecular formula is C21H23N3O2. The number of rotatable bonds is 3. The van der Waals surface area contributed by atoms with Gasteiger partial charge in [-0.2, -0.15) is 0 Å². The van der Waals surface area contributed by atoms with Gasteiger partial charge < -0.3 is 10.2 Å². The number of carbonyl (C=O) groups is 2. The number of amides is 2. The lowest BCUT2D eigenvalue weighted by atomic mass is 9.98. The van der Waals surface area contributed by atoms with E-state index in [1.54, 1.807) is 24.5 Å². The highest BCUT2D eigenvalue weighted by atomic mass is 16.2. The summed E-state index contributed by atoms with van der Waals surface area (Å²) in [5.74, 6) is 0.151. The van der Waals surface area contributed by atoms with Crippen molar-refractivity contribution in [2.24, 2.45) is 0 Å². The Morgan fingerprint density at radius 3 is 2.50 bits per heavy atom. The molecule has 4 rings (SSSR count). The van der Waals surface area contributed by atoms with E-state index in [1.807, 2.05) is 17.0 Å². The average Bonchev–Trinajstić information content (AvgIpc) is 3.13. The Bertz CT molecular complexity index is 798. The van der Waals surface area contributed by atoms with Gasteiger partial charge >= 0.3 is 0 Å². The van der Waals surface area contributed by atoms with Gasteiger partial charge in [0.15, 0.2) is 0 Å². The van der Waals surface area contributed by atoms with E-state index < -0.39 is 0 Å². The lowest BCUT2D eigenvalue weighted by Gasteiger charge is -2.33. The largest absolute Gasteiger partial charge is 0.353 e. The lowest BCUT2D eigenvalue weighted by Crippen LogP contribution is -2.47. The Hall–Kier alpha value is -2.69. The first kappa shape index (κ1) is 16.8. The number of benzene rings is 1. The molecule has 5 heteroatoms. The third kappa shape index (κ3) is 3.34. The van der Waals surface area contributed by atoms with E-state index in [1.165, 1.54) is 11.1 Å². The van der Waals surface area contributed by atoms with Crippen molar-refractivity contribution in [2.75, 3.05) is 13.1 Å². The third-order valence-electron chi connectivity index (χ3n) is 5.51. The van der Waals surface area contributed by atoms with Crippen LogP contribution in [-0.4, -0.2) is 40.8 Å². The van der Waals surface area contributed by atoms with Crippen LogP contribution in [0.15, 0.2) is 48.8 Å². The Morgan fingerprint density at radius 2 is 1.73 bits per heavy atom. The summed E-state index contributed by atoms with van der Waals surface area (Å²) >= 11 is 0. The molecule has 0 radical (unpaired) electrons. The maximum Gasteiger partial charge on any atom is 0.253 e. The van der Waals surface area contributed by atoms with Gasteiger partial charge in [0.05, 0.1) is 5.92 Å². The predicted molar refractivity (Wildman–Crippen MR) is 98.8 cm³/mol. The molecular weight excluding hydrogens is 326 g/mol. The predicted octanol–water partition coefficient (Wildman–Crippen LogP) is 2.53. The van der Waals surface area contributed by atoms with Crippen LogP contribution in [-0.2, 0) is 11.2 Å². The Labute approximate surface area is 153 Å². The van der Waals surface area contributed by atoms with E-state index in [9.17, 15) is 9.59 Å². The molecule has 1 atom stereocenters. The molecule has 1 N–H and O–H groups in total. The molecule has 0 bridgehead atoms. The molecule has 1 aliphatic heterocycles. The molecule has 1 fully saturated rings. The van der Waals surface area contributed by atoms with Crippen LogP contribution in [0.25, 0.3) is 0 Å². The number of hydrogen-bond donors (Lipinski definition) is 1. The van der Waals surface area contributed by atoms with E-state index in [-0.39, 0.29) is 23.8 Å². The SMILES string of the molecule is O=C(NC1CCN(C(=O)c2ccncc2)CC1)C1CCc2ccccc21. The van der Waals surface area contributed by atoms with Crippen molar-refractivity contribution in [3.63, 3.8) is 0 Å². The van der Waals surface area contributed by atoms with Crippen molar-refractivity contribution >= 4 is 11.8 Å². The number of aromatic nitrogens is 1. The first-order valence-electron chi connectivity index (χ1n) is 9.30. The summed E-state index contributed by atoms with van der Waals surface area (Å²) in [5.41, 5.74) is 3.14. The maximum atomic E-state index is 12.7. The smallest absolute Gasteiger partial charge is 0.253 e. The van der Waals surface area contributed by atoms with Crippen LogP contribution >= 0.6 is 0 Å². The minimum Gasteiger partial charge on any atom is -0.353 e. The second kappa shape index (κ2) is 7.28. The molecule has 1 aromatic carbocycles. The molecule has 2 aromatic rings. The summed E-state index contributed by atoms with van der Waals surface area (Å²) in [5, 5.41) is 3.21. The number of aryl methyl sites for hydroxylation is 1. The summed E-state index contributed by atoms with van der Waals surface area (Å²) in [7, 11) is 0. The topological polar surface area (TPSA) is 62.3 Å². The number of likely N-dealkylation sites (tertiary alicyclic amines) is 1. The van der Waals surface area contributed by atoms with Crippen molar-refractivity contribution < 1.29 is 9.59 Å². The normalized spacial score (nSPS) is 19.8. The molecule has 2 heterocycles. The zero-order chi connectivity index (χ0) is 17.9. The van der Waals surface area contributed by atoms with Crippen molar-refractivity contribution in [2.45, 2.75) is 37.6 Å². The standard InChI is InChI=1S/C21H23N3O2/c25-20(19-6-5-15-3-1-2-4-18(15)19)23-17-9-13-24(14-10-17)21(26)16-7-11-22-12-8-16/h1-4,7-8,11-12,17,19H,5-6,9-10,13-14H2,(H,23,25). The highest BCUT2D eigenvalue weighted by Crippen LogP contribution is 2.33. The summed E-state index contributed by atoms with van der Waals surface area (Å²) < 4.78 is 0. The Balaban J connectivity index is 1.32. The van der Waals surface area contributed by atoms with Gasteiger partial charge in [0.25, 0.3) is 5.91 Å². The molecule has 0 saturated carbocycles. The molecule has 2 amide bonds. The van der Waals surface area contributed by atoms with Crippen LogP contribution in [0.1, 0.15) is 46.7 Å². The summed E-state index contributed by atoms with van der Waals surface area (Å²) in [6.45, 7) is 1.35. The van der Waals surface area contributed by atoms with Gasteiger partial charge in [-0.25, -0.2) is 0 Å². The van der Waals surface area contributed by atoms with Crippen LogP contribution in [0.4, 0.5) is 0 Å². The fraction of sp³-hybridized carbons (Fsp3) is 0.381. The highest BCUT2D eigenvalue weighted by molar-refractivity contribution is 5.94. The van der Waals surface area contributed by atoms with Crippen LogP contribution in [0.2, 0.25) is 0 Å². The molecule has 1 aliphatic carbocycles. The lowest BCUT2D eigenvalue weighted by molar-refractivity contribution is -0.123. The van der Waals surface area contributed by atoms with Crippen molar-refractivity contribution in [1.82, 2.24) is 15.2 Å². The van der Waals surface area contributed by atoms with Gasteiger partial charge in [-0.3, -0.25) is 14.6 Å². The number of carbonyl (C=O) groups excluding carboxylic acids is 2. The second-order valence-electron chi connectivity index (χ2n) is 7.10. The number of piperidine rings is 1. The second-order valence-corrected chi connectivity index (χ2v) is 7.10. The van der Waals surface area contributed by atoms with Crippen molar-refractivity contribution in [1.29, 1.82) is 0 Å². The van der Waals surface area contributed by atoms with Crippen LogP contribution in [0.5, 0.6) is 0 Å². The van der Waals surface area contributed by atoms with E-state index in [0.29, 0.717) is 18.7 Å². The Morgan fingerprint density at radius 1 is 1.00 bits per heavy atom. The fourth-order valence-corrected chi connectivity index (χ4v) is 4.04. The molecule has 0 spiro atoms. The molecule has 134 valence electrons. The Kier molecular flexibility index (Phi) is 4.69. The first-order valence-corrected chi connectivity index (χ1v) is 9.30. The number of fused-ring (bicyclic) bond motifs is 1. The zero-order valence-corrected chi connectivity index (χ0v) is 14.7. The molecule has 26 heavy (non-hydrogen) atoms. The maximum absolute atomic E-state index is 12.7. The fourth-order valence-electron chi connectivity index (χ4n) is 4.04. The van der Waals surface area contributed by atoms with Crippen molar-refractivity contribution in [3.8, 4) is 0 Å². The first-order chi connectivity index (χ1) is 12.7. The van der Waals surface area contributed by atoms with Crippen LogP contribution in [0.3, 0.4) is 0 Å². The molecule has 1 saturated heterocycles. The minimum atomic E-state index is -0.0253. The highest BCUT2D eigenvalue weighted by Gasteiger charge is 2.31. The van der Waals surface area contributed by atoms with E-state index in [2.05, 4.69) is 22.4 Å². The van der Waals surface area contributed by atoms with E-state index in [0.717, 1.165) is 25.7 Å². The number of hydrogen-bond acceptors (Lipinski definition) is 3. The van der Waals surface area contributed by atoms with Gasteiger partial charge in [-0.15, -0.1) is 0 Å². The summed E-state index contributed by atoms with van der Waals surface area (Å²) in [6.07, 6.45) is 6.75. The molecule has 1 unspecified atom stereocenters. The van der Waals surface area contributed by atoms with E-state index in [4.69, 9.17) is 0 Å². The summed E-state index contributed by atoms with van der Waals surface area (Å²) in [6, 6.07) is 11.9. The van der Waals surface area contributed by atoms with E-state index >= 15 is 0 Å². The minimum absolute atomic E-state index is 0.0253. The van der Waals surface area contributed by atoms with Crippen LogP contribution in [0, 0.1) is 0 Å². The van der Waals surface area contributed by atoms with Gasteiger partial charge in [0.2, 0.25) is 5.91 Å². The van der Waals surface area contributed by atoms with Gasteiger partial charge in [0, 0.05) is 37.1 Å². The van der Waals surface area contributed by atoms with Gasteiger partial charge in [-0.1, -0.05) is 24.3 Å². The average molecular weight is 349 g/mol. The molecule has 1 aromatic heterocycles. The summed E-state index contributed by atoms with van der Waals surface area (Å²) in [4.78, 5) is 31.0. The van der Waals surface area contributed by atoms with Gasteiger partial charge in [-0.05, 0) is 48.9 Å². The molecule has 5 nitrogen and oxygen atoms in total. The number of nitrogens with zero attached hydrogens (tertiary/aromatic N) is 2.